The van der Waals surface area contributed by atoms with E-state index in [0.717, 1.165) is 0 Å². The Balaban J connectivity index is 2.47. The van der Waals surface area contributed by atoms with Gasteiger partial charge in [0.05, 0.1) is 12.8 Å². The maximum atomic E-state index is 13.3. The summed E-state index contributed by atoms with van der Waals surface area (Å²) in [6, 6.07) is 5.27. The molecule has 0 spiro atoms. The molecule has 0 saturated heterocycles. The Labute approximate surface area is 109 Å². The molecule has 108 valence electrons. The van der Waals surface area contributed by atoms with Crippen molar-refractivity contribution in [2.75, 3.05) is 7.11 Å². The third-order valence-corrected chi connectivity index (χ3v) is 2.42. The molecule has 1 aromatic heterocycles. The van der Waals surface area contributed by atoms with Crippen LogP contribution < -0.4 is 4.74 Å². The van der Waals surface area contributed by atoms with E-state index in [1.54, 1.807) is 0 Å². The topological polar surface area (TPSA) is 52.8 Å². The molecule has 0 amide bonds. The van der Waals surface area contributed by atoms with Crippen molar-refractivity contribution < 1.29 is 26.7 Å². The molecule has 2 rings (SSSR count). The fraction of sp³-hybridized carbons (Fsp3) is 0.300. The van der Waals surface area contributed by atoms with E-state index >= 15 is 0 Å². The van der Waals surface area contributed by atoms with Crippen LogP contribution in [0.15, 0.2) is 24.3 Å². The molecule has 5 nitrogen and oxygen atoms in total. The number of nitrogens with zero attached hydrogens (tertiary/aromatic N) is 4. The number of tetrazole rings is 1. The molecule has 0 N–H and O–H groups in total. The molecular weight excluding hydrogens is 287 g/mol. The number of methoxy groups -OCH3 is 1. The Hall–Kier alpha value is -2.26. The highest BCUT2D eigenvalue weighted by atomic mass is 19.4. The molecule has 0 bridgehead atoms. The van der Waals surface area contributed by atoms with Crippen molar-refractivity contribution in [3.05, 3.63) is 30.1 Å². The van der Waals surface area contributed by atoms with Crippen LogP contribution in [0, 0.1) is 0 Å². The van der Waals surface area contributed by atoms with E-state index < -0.39 is 17.9 Å². The summed E-state index contributed by atoms with van der Waals surface area (Å²) in [6.45, 7) is 0. The van der Waals surface area contributed by atoms with Crippen molar-refractivity contribution in [3.63, 3.8) is 0 Å². The number of halogens is 5. The van der Waals surface area contributed by atoms with Gasteiger partial charge < -0.3 is 4.74 Å². The zero-order valence-electron chi connectivity index (χ0n) is 9.90. The second-order valence-corrected chi connectivity index (χ2v) is 3.68. The molecule has 0 aliphatic heterocycles. The van der Waals surface area contributed by atoms with Crippen LogP contribution in [0.5, 0.6) is 5.75 Å². The Morgan fingerprint density at radius 2 is 1.65 bits per heavy atom. The molecule has 0 aliphatic carbocycles. The van der Waals surface area contributed by atoms with Crippen LogP contribution in [0.1, 0.15) is 5.82 Å². The van der Waals surface area contributed by atoms with Gasteiger partial charge in [-0.05, 0) is 34.7 Å². The summed E-state index contributed by atoms with van der Waals surface area (Å²) < 4.78 is 68.7. The Kier molecular flexibility index (Phi) is 3.32. The minimum Gasteiger partial charge on any atom is -0.497 e. The number of hydrogen-bond donors (Lipinski definition) is 0. The van der Waals surface area contributed by atoms with Gasteiger partial charge in [0.2, 0.25) is 5.82 Å². The molecular formula is C10H7F5N4O. The zero-order chi connectivity index (χ0) is 15.0. The second kappa shape index (κ2) is 4.69. The third kappa shape index (κ3) is 2.28. The maximum absolute atomic E-state index is 13.3. The number of alkyl halides is 5. The lowest BCUT2D eigenvalue weighted by atomic mass is 10.2. The lowest BCUT2D eigenvalue weighted by molar-refractivity contribution is -0.293. The number of aromatic nitrogens is 4. The number of benzene rings is 1. The van der Waals surface area contributed by atoms with Gasteiger partial charge in [-0.15, -0.1) is 5.10 Å². The number of ether oxygens (including phenoxy) is 1. The first-order valence-corrected chi connectivity index (χ1v) is 5.15. The van der Waals surface area contributed by atoms with Crippen LogP contribution in [-0.4, -0.2) is 33.5 Å². The summed E-state index contributed by atoms with van der Waals surface area (Å²) in [5, 5.41) is 8.80. The summed E-state index contributed by atoms with van der Waals surface area (Å²) in [6.07, 6.45) is -5.79. The van der Waals surface area contributed by atoms with E-state index in [4.69, 9.17) is 4.74 Å². The molecule has 2 aromatic rings. The van der Waals surface area contributed by atoms with E-state index in [1.165, 1.54) is 31.4 Å². The van der Waals surface area contributed by atoms with E-state index in [9.17, 15) is 22.0 Å². The average Bonchev–Trinajstić information content (AvgIpc) is 2.87. The summed E-state index contributed by atoms with van der Waals surface area (Å²) in [5.74, 6) is -6.35. The van der Waals surface area contributed by atoms with Gasteiger partial charge in [-0.1, -0.05) is 0 Å². The maximum Gasteiger partial charge on any atom is 0.461 e. The minimum absolute atomic E-state index is 0.0466. The van der Waals surface area contributed by atoms with Crippen LogP contribution in [-0.2, 0) is 5.92 Å². The molecule has 1 heterocycles. The van der Waals surface area contributed by atoms with Crippen LogP contribution in [0.25, 0.3) is 5.69 Å². The summed E-state index contributed by atoms with van der Waals surface area (Å²) in [5.41, 5.74) is -0.0466. The predicted octanol–water partition coefficient (Wildman–Crippen LogP) is 2.33. The van der Waals surface area contributed by atoms with E-state index in [2.05, 4.69) is 15.5 Å². The lowest BCUT2D eigenvalue weighted by Crippen LogP contribution is -2.36. The fourth-order valence-corrected chi connectivity index (χ4v) is 1.41. The first-order valence-electron chi connectivity index (χ1n) is 5.15. The van der Waals surface area contributed by atoms with Gasteiger partial charge in [0.25, 0.3) is 0 Å². The largest absolute Gasteiger partial charge is 0.497 e. The van der Waals surface area contributed by atoms with Crippen LogP contribution in [0.2, 0.25) is 0 Å². The van der Waals surface area contributed by atoms with Crippen LogP contribution in [0.4, 0.5) is 22.0 Å². The van der Waals surface area contributed by atoms with Gasteiger partial charge in [0.1, 0.15) is 5.75 Å². The normalized spacial score (nSPS) is 12.5. The molecule has 10 heteroatoms. The average molecular weight is 294 g/mol. The quantitative estimate of drug-likeness (QED) is 0.815. The number of hydrogen-bond acceptors (Lipinski definition) is 4. The standard InChI is InChI=1S/C10H7F5N4O/c1-20-7-4-2-6(3-5-7)19-8(16-17-18-19)9(11,12)10(13,14)15/h2-5H,1H3. The Morgan fingerprint density at radius 3 is 2.15 bits per heavy atom. The molecule has 1 aromatic carbocycles. The highest BCUT2D eigenvalue weighted by Crippen LogP contribution is 2.43. The highest BCUT2D eigenvalue weighted by molar-refractivity contribution is 5.37. The van der Waals surface area contributed by atoms with Crippen molar-refractivity contribution in [3.8, 4) is 11.4 Å². The van der Waals surface area contributed by atoms with Crippen molar-refractivity contribution >= 4 is 0 Å². The summed E-state index contributed by atoms with van der Waals surface area (Å²) >= 11 is 0. The molecule has 0 unspecified atom stereocenters. The second-order valence-electron chi connectivity index (χ2n) is 3.68. The smallest absolute Gasteiger partial charge is 0.461 e. The molecule has 0 fully saturated rings. The monoisotopic (exact) mass is 294 g/mol. The van der Waals surface area contributed by atoms with Crippen molar-refractivity contribution in [1.82, 2.24) is 20.2 Å². The first-order chi connectivity index (χ1) is 9.27. The SMILES string of the molecule is COc1ccc(-n2nnnc2C(F)(F)C(F)(F)F)cc1. The summed E-state index contributed by atoms with van der Waals surface area (Å²) in [7, 11) is 1.38. The Morgan fingerprint density at radius 1 is 1.05 bits per heavy atom. The van der Waals surface area contributed by atoms with Gasteiger partial charge in [0, 0.05) is 0 Å². The highest BCUT2D eigenvalue weighted by Gasteiger charge is 2.62. The molecule has 0 radical (unpaired) electrons. The Bertz CT molecular complexity index is 592. The first kappa shape index (κ1) is 14.2. The van der Waals surface area contributed by atoms with E-state index in [-0.39, 0.29) is 5.69 Å². The van der Waals surface area contributed by atoms with Crippen LogP contribution in [0.3, 0.4) is 0 Å². The van der Waals surface area contributed by atoms with E-state index in [0.29, 0.717) is 10.4 Å². The molecule has 0 aliphatic rings. The molecule has 0 saturated carbocycles. The predicted molar refractivity (Wildman–Crippen MR) is 55.7 cm³/mol. The third-order valence-electron chi connectivity index (χ3n) is 2.42. The fourth-order valence-electron chi connectivity index (χ4n) is 1.41. The van der Waals surface area contributed by atoms with Crippen molar-refractivity contribution in [1.29, 1.82) is 0 Å². The minimum atomic E-state index is -5.79. The van der Waals surface area contributed by atoms with Crippen molar-refractivity contribution in [2.24, 2.45) is 0 Å². The van der Waals surface area contributed by atoms with Gasteiger partial charge in [0.15, 0.2) is 0 Å². The van der Waals surface area contributed by atoms with Gasteiger partial charge in [-0.25, -0.2) is 0 Å². The summed E-state index contributed by atoms with van der Waals surface area (Å²) in [4.78, 5) is 0. The molecule has 0 atom stereocenters. The van der Waals surface area contributed by atoms with Gasteiger partial charge in [-0.2, -0.15) is 26.6 Å². The van der Waals surface area contributed by atoms with Crippen molar-refractivity contribution in [2.45, 2.75) is 12.1 Å². The van der Waals surface area contributed by atoms with Gasteiger partial charge >= 0.3 is 12.1 Å². The van der Waals surface area contributed by atoms with Gasteiger partial charge in [-0.3, -0.25) is 0 Å². The zero-order valence-corrected chi connectivity index (χ0v) is 9.90. The van der Waals surface area contributed by atoms with Crippen LogP contribution >= 0.6 is 0 Å². The lowest BCUT2D eigenvalue weighted by Gasteiger charge is -2.18. The number of rotatable bonds is 3. The van der Waals surface area contributed by atoms with E-state index in [1.807, 2.05) is 0 Å². The molecule has 20 heavy (non-hydrogen) atoms.